The lowest BCUT2D eigenvalue weighted by Gasteiger charge is -2.00. The monoisotopic (exact) mass is 157 g/mol. The zero-order chi connectivity index (χ0) is 8.43. The van der Waals surface area contributed by atoms with Gasteiger partial charge in [0, 0.05) is 18.1 Å². The van der Waals surface area contributed by atoms with Gasteiger partial charge in [-0.15, -0.1) is 0 Å². The first kappa shape index (κ1) is 7.90. The van der Waals surface area contributed by atoms with Crippen molar-refractivity contribution in [3.8, 4) is 0 Å². The van der Waals surface area contributed by atoms with E-state index in [1.165, 1.54) is 0 Å². The number of carbonyl (C=O) groups excluding carboxylic acids is 2. The van der Waals surface area contributed by atoms with Gasteiger partial charge in [0.15, 0.2) is 6.29 Å². The lowest BCUT2D eigenvalue weighted by Crippen LogP contribution is -2.23. The van der Waals surface area contributed by atoms with Gasteiger partial charge < -0.3 is 10.2 Å². The molecule has 0 unspecified atom stereocenters. The van der Waals surface area contributed by atoms with Crippen molar-refractivity contribution in [2.45, 2.75) is 12.7 Å². The summed E-state index contributed by atoms with van der Waals surface area (Å²) in [6.07, 6.45) is -0.739. The largest absolute Gasteiger partial charge is 0.368 e. The number of rotatable bonds is 2. The smallest absolute Gasteiger partial charge is 0.254 e. The molecule has 0 atom stereocenters. The Morgan fingerprint density at radius 3 is 2.45 bits per heavy atom. The van der Waals surface area contributed by atoms with E-state index in [2.05, 4.69) is 0 Å². The first-order valence-electron chi connectivity index (χ1n) is 3.01. The van der Waals surface area contributed by atoms with Gasteiger partial charge in [-0.1, -0.05) is 0 Å². The number of imide groups is 1. The minimum absolute atomic E-state index is 0.102. The summed E-state index contributed by atoms with van der Waals surface area (Å²) in [6, 6.07) is 0. The molecule has 0 aromatic rings. The van der Waals surface area contributed by atoms with E-state index in [1.807, 2.05) is 5.32 Å². The molecule has 0 aromatic carbocycles. The maximum Gasteiger partial charge on any atom is 0.254 e. The van der Waals surface area contributed by atoms with Crippen molar-refractivity contribution in [2.24, 2.45) is 0 Å². The third-order valence-corrected chi connectivity index (χ3v) is 1.24. The van der Waals surface area contributed by atoms with E-state index in [9.17, 15) is 9.59 Å². The second-order valence-electron chi connectivity index (χ2n) is 2.17. The zero-order valence-electron chi connectivity index (χ0n) is 5.57. The highest BCUT2D eigenvalue weighted by atomic mass is 16.5. The normalized spacial score (nSPS) is 17.2. The number of amides is 2. The summed E-state index contributed by atoms with van der Waals surface area (Å²) in [5.41, 5.74) is 0.102. The van der Waals surface area contributed by atoms with Gasteiger partial charge in [-0.2, -0.15) is 0 Å². The van der Waals surface area contributed by atoms with Crippen LogP contribution in [0.1, 0.15) is 6.42 Å². The van der Waals surface area contributed by atoms with E-state index in [0.717, 1.165) is 6.08 Å². The molecule has 2 amide bonds. The van der Waals surface area contributed by atoms with Gasteiger partial charge in [0.05, 0.1) is 0 Å². The van der Waals surface area contributed by atoms with Crippen LogP contribution in [0.5, 0.6) is 0 Å². The van der Waals surface area contributed by atoms with Crippen LogP contribution in [0.15, 0.2) is 11.6 Å². The van der Waals surface area contributed by atoms with Crippen molar-refractivity contribution in [3.63, 3.8) is 0 Å². The van der Waals surface area contributed by atoms with Gasteiger partial charge in [-0.25, -0.2) is 0 Å². The van der Waals surface area contributed by atoms with Gasteiger partial charge in [0.2, 0.25) is 0 Å². The van der Waals surface area contributed by atoms with Crippen LogP contribution in [0.4, 0.5) is 0 Å². The molecule has 60 valence electrons. The van der Waals surface area contributed by atoms with Gasteiger partial charge in [-0.05, 0) is 0 Å². The maximum absolute atomic E-state index is 10.7. The van der Waals surface area contributed by atoms with E-state index >= 15 is 0 Å². The molecule has 0 fully saturated rings. The SMILES string of the molecule is O=C1C=C(CC(O)O)C(=O)N1. The van der Waals surface area contributed by atoms with E-state index in [1.54, 1.807) is 0 Å². The van der Waals surface area contributed by atoms with Crippen LogP contribution in [0.2, 0.25) is 0 Å². The molecule has 1 aliphatic heterocycles. The van der Waals surface area contributed by atoms with Gasteiger partial charge >= 0.3 is 0 Å². The van der Waals surface area contributed by atoms with Crippen LogP contribution in [0.3, 0.4) is 0 Å². The van der Waals surface area contributed by atoms with E-state index in [0.29, 0.717) is 0 Å². The molecule has 0 aliphatic carbocycles. The molecule has 1 aliphatic rings. The quantitative estimate of drug-likeness (QED) is 0.328. The highest BCUT2D eigenvalue weighted by Gasteiger charge is 2.21. The van der Waals surface area contributed by atoms with Crippen molar-refractivity contribution in [1.29, 1.82) is 0 Å². The highest BCUT2D eigenvalue weighted by Crippen LogP contribution is 2.08. The summed E-state index contributed by atoms with van der Waals surface area (Å²) in [4.78, 5) is 21.2. The molecule has 1 rings (SSSR count). The molecule has 11 heavy (non-hydrogen) atoms. The van der Waals surface area contributed by atoms with Gasteiger partial charge in [-0.3, -0.25) is 14.9 Å². The van der Waals surface area contributed by atoms with Crippen molar-refractivity contribution in [1.82, 2.24) is 5.32 Å². The Morgan fingerprint density at radius 1 is 1.45 bits per heavy atom. The van der Waals surface area contributed by atoms with Crippen LogP contribution in [0.25, 0.3) is 0 Å². The fourth-order valence-electron chi connectivity index (χ4n) is 0.800. The molecule has 5 heteroatoms. The lowest BCUT2D eigenvalue weighted by molar-refractivity contribution is -0.124. The molecule has 0 aromatic heterocycles. The minimum Gasteiger partial charge on any atom is -0.368 e. The van der Waals surface area contributed by atoms with Crippen LogP contribution >= 0.6 is 0 Å². The number of aliphatic hydroxyl groups excluding tert-OH is 1. The van der Waals surface area contributed by atoms with Crippen molar-refractivity contribution >= 4 is 11.8 Å². The number of carbonyl (C=O) groups is 2. The highest BCUT2D eigenvalue weighted by molar-refractivity contribution is 6.16. The minimum atomic E-state index is -1.59. The van der Waals surface area contributed by atoms with Crippen molar-refractivity contribution < 1.29 is 19.8 Å². The third-order valence-electron chi connectivity index (χ3n) is 1.24. The Bertz CT molecular complexity index is 231. The topological polar surface area (TPSA) is 86.6 Å². The van der Waals surface area contributed by atoms with Crippen molar-refractivity contribution in [2.75, 3.05) is 0 Å². The molecule has 0 saturated heterocycles. The number of nitrogens with one attached hydrogen (secondary N) is 1. The summed E-state index contributed by atoms with van der Waals surface area (Å²) >= 11 is 0. The molecule has 3 N–H and O–H groups in total. The third kappa shape index (κ3) is 1.86. The maximum atomic E-state index is 10.7. The van der Waals surface area contributed by atoms with Crippen LogP contribution in [0, 0.1) is 0 Å². The summed E-state index contributed by atoms with van der Waals surface area (Å²) in [6.45, 7) is 0. The Kier molecular flexibility index (Phi) is 2.02. The fourth-order valence-corrected chi connectivity index (χ4v) is 0.800. The van der Waals surface area contributed by atoms with Gasteiger partial charge in [0.25, 0.3) is 11.8 Å². The number of hydrogen-bond acceptors (Lipinski definition) is 4. The predicted molar refractivity (Wildman–Crippen MR) is 34.1 cm³/mol. The average Bonchev–Trinajstić information content (AvgIpc) is 2.09. The second-order valence-corrected chi connectivity index (χ2v) is 2.17. The average molecular weight is 157 g/mol. The summed E-state index contributed by atoms with van der Waals surface area (Å²) in [7, 11) is 0. The molecule has 0 bridgehead atoms. The van der Waals surface area contributed by atoms with Crippen LogP contribution in [-0.2, 0) is 9.59 Å². The van der Waals surface area contributed by atoms with Gasteiger partial charge in [0.1, 0.15) is 0 Å². The van der Waals surface area contributed by atoms with E-state index in [4.69, 9.17) is 10.2 Å². The lowest BCUT2D eigenvalue weighted by atomic mass is 10.2. The summed E-state index contributed by atoms with van der Waals surface area (Å²) in [5, 5.41) is 18.9. The van der Waals surface area contributed by atoms with E-state index < -0.39 is 18.1 Å². The van der Waals surface area contributed by atoms with E-state index in [-0.39, 0.29) is 12.0 Å². The Balaban J connectivity index is 2.64. The Hall–Kier alpha value is -1.20. The molecule has 0 saturated carbocycles. The molecule has 0 spiro atoms. The molecular formula is C6H7NO4. The zero-order valence-corrected chi connectivity index (χ0v) is 5.57. The Labute approximate surface area is 62.3 Å². The molecule has 1 heterocycles. The summed E-state index contributed by atoms with van der Waals surface area (Å²) < 4.78 is 0. The molecule has 5 nitrogen and oxygen atoms in total. The molecule has 0 radical (unpaired) electrons. The van der Waals surface area contributed by atoms with Crippen LogP contribution < -0.4 is 5.32 Å². The predicted octanol–water partition coefficient (Wildman–Crippen LogP) is -1.73. The number of aliphatic hydroxyl groups is 2. The number of hydrogen-bond donors (Lipinski definition) is 3. The van der Waals surface area contributed by atoms with Crippen molar-refractivity contribution in [3.05, 3.63) is 11.6 Å². The summed E-state index contributed by atoms with van der Waals surface area (Å²) in [5.74, 6) is -1.06. The first-order valence-corrected chi connectivity index (χ1v) is 3.01. The fraction of sp³-hybridized carbons (Fsp3) is 0.333. The first-order chi connectivity index (χ1) is 5.09. The standard InChI is InChI=1S/C6H7NO4/c8-4-1-3(2-5(9)10)6(11)7-4/h1,5,9-10H,2H2,(H,7,8,11). The van der Waals surface area contributed by atoms with Crippen LogP contribution in [-0.4, -0.2) is 28.3 Å². The second kappa shape index (κ2) is 2.81. The molecular weight excluding hydrogens is 150 g/mol. The Morgan fingerprint density at radius 2 is 2.09 bits per heavy atom.